The molecule has 1 aliphatic heterocycles. The number of carbonyl (C=O) groups is 1. The number of hydrogen-bond acceptors (Lipinski definition) is 3. The summed E-state index contributed by atoms with van der Waals surface area (Å²) in [5, 5.41) is 2.64. The Kier molecular flexibility index (Phi) is 4.09. The first-order chi connectivity index (χ1) is 11.0. The van der Waals surface area contributed by atoms with E-state index >= 15 is 0 Å². The van der Waals surface area contributed by atoms with Crippen LogP contribution >= 0.6 is 0 Å². The van der Waals surface area contributed by atoms with Gasteiger partial charge in [-0.2, -0.15) is 0 Å². The van der Waals surface area contributed by atoms with Gasteiger partial charge in [-0.05, 0) is 31.0 Å². The standard InChI is InChI=1S/C17H18N2O3S/c1-13-7-9-16(10-8-13)23(21,22)19-15(12-18-17(19)20)11-14-5-3-2-4-6-14/h2-10,15H,11-12H2,1H3,(H,18,20). The van der Waals surface area contributed by atoms with Gasteiger partial charge < -0.3 is 5.32 Å². The summed E-state index contributed by atoms with van der Waals surface area (Å²) >= 11 is 0. The summed E-state index contributed by atoms with van der Waals surface area (Å²) in [4.78, 5) is 12.2. The highest BCUT2D eigenvalue weighted by Gasteiger charge is 2.40. The fourth-order valence-electron chi connectivity index (χ4n) is 2.70. The minimum atomic E-state index is -3.85. The SMILES string of the molecule is Cc1ccc(S(=O)(=O)N2C(=O)NCC2Cc2ccccc2)cc1. The van der Waals surface area contributed by atoms with Gasteiger partial charge in [-0.15, -0.1) is 0 Å². The van der Waals surface area contributed by atoms with Crippen molar-refractivity contribution in [3.63, 3.8) is 0 Å². The number of carbonyl (C=O) groups excluding carboxylic acids is 1. The monoisotopic (exact) mass is 330 g/mol. The van der Waals surface area contributed by atoms with E-state index in [1.54, 1.807) is 12.1 Å². The van der Waals surface area contributed by atoms with E-state index in [1.807, 2.05) is 37.3 Å². The van der Waals surface area contributed by atoms with E-state index in [1.165, 1.54) is 12.1 Å². The Bertz CT molecular complexity index is 801. The van der Waals surface area contributed by atoms with Crippen LogP contribution < -0.4 is 5.32 Å². The molecule has 2 aromatic carbocycles. The minimum absolute atomic E-state index is 0.137. The van der Waals surface area contributed by atoms with Crippen molar-refractivity contribution in [3.8, 4) is 0 Å². The van der Waals surface area contributed by atoms with Crippen LogP contribution in [0.1, 0.15) is 11.1 Å². The Morgan fingerprint density at radius 2 is 1.74 bits per heavy atom. The lowest BCUT2D eigenvalue weighted by Crippen LogP contribution is -2.40. The van der Waals surface area contributed by atoms with Gasteiger partial charge in [0.2, 0.25) is 0 Å². The number of nitrogens with one attached hydrogen (secondary N) is 1. The first kappa shape index (κ1) is 15.6. The molecule has 1 saturated heterocycles. The van der Waals surface area contributed by atoms with Gasteiger partial charge in [-0.3, -0.25) is 0 Å². The third-order valence-corrected chi connectivity index (χ3v) is 5.76. The molecular weight excluding hydrogens is 312 g/mol. The molecule has 0 aliphatic carbocycles. The molecule has 0 aromatic heterocycles. The Morgan fingerprint density at radius 1 is 1.09 bits per heavy atom. The van der Waals surface area contributed by atoms with Gasteiger partial charge in [0.15, 0.2) is 0 Å². The quantitative estimate of drug-likeness (QED) is 0.935. The second-order valence-corrected chi connectivity index (χ2v) is 7.46. The Balaban J connectivity index is 1.91. The van der Waals surface area contributed by atoms with Crippen LogP contribution in [-0.4, -0.2) is 31.3 Å². The second-order valence-electron chi connectivity index (χ2n) is 5.64. The van der Waals surface area contributed by atoms with Crippen molar-refractivity contribution in [2.75, 3.05) is 6.54 Å². The third-order valence-electron chi connectivity index (χ3n) is 3.91. The maximum Gasteiger partial charge on any atom is 0.331 e. The second kappa shape index (κ2) is 6.04. The van der Waals surface area contributed by atoms with Gasteiger partial charge >= 0.3 is 6.03 Å². The fraction of sp³-hybridized carbons (Fsp3) is 0.235. The molecule has 1 fully saturated rings. The lowest BCUT2D eigenvalue weighted by atomic mass is 10.1. The van der Waals surface area contributed by atoms with Crippen molar-refractivity contribution in [1.82, 2.24) is 9.62 Å². The highest BCUT2D eigenvalue weighted by Crippen LogP contribution is 2.23. The molecule has 5 nitrogen and oxygen atoms in total. The summed E-state index contributed by atoms with van der Waals surface area (Å²) in [6.45, 7) is 2.20. The van der Waals surface area contributed by atoms with Crippen LogP contribution in [0.25, 0.3) is 0 Å². The van der Waals surface area contributed by atoms with Gasteiger partial charge in [0.05, 0.1) is 10.9 Å². The van der Waals surface area contributed by atoms with Crippen molar-refractivity contribution in [3.05, 3.63) is 65.7 Å². The van der Waals surface area contributed by atoms with Crippen molar-refractivity contribution in [1.29, 1.82) is 0 Å². The maximum atomic E-state index is 12.8. The van der Waals surface area contributed by atoms with Crippen LogP contribution in [0.2, 0.25) is 0 Å². The molecule has 3 rings (SSSR count). The highest BCUT2D eigenvalue weighted by molar-refractivity contribution is 7.89. The number of benzene rings is 2. The molecule has 2 aromatic rings. The molecule has 120 valence electrons. The Morgan fingerprint density at radius 3 is 2.39 bits per heavy atom. The number of rotatable bonds is 4. The van der Waals surface area contributed by atoms with E-state index in [0.29, 0.717) is 13.0 Å². The summed E-state index contributed by atoms with van der Waals surface area (Å²) < 4.78 is 26.6. The molecule has 0 spiro atoms. The van der Waals surface area contributed by atoms with E-state index < -0.39 is 22.1 Å². The average Bonchev–Trinajstić information content (AvgIpc) is 2.90. The van der Waals surface area contributed by atoms with Crippen molar-refractivity contribution in [2.24, 2.45) is 0 Å². The molecule has 0 bridgehead atoms. The zero-order valence-electron chi connectivity index (χ0n) is 12.8. The van der Waals surface area contributed by atoms with E-state index in [4.69, 9.17) is 0 Å². The number of hydrogen-bond donors (Lipinski definition) is 1. The number of urea groups is 1. The van der Waals surface area contributed by atoms with Crippen molar-refractivity contribution >= 4 is 16.1 Å². The normalized spacial score (nSPS) is 18.0. The van der Waals surface area contributed by atoms with Crippen molar-refractivity contribution in [2.45, 2.75) is 24.3 Å². The predicted octanol–water partition coefficient (Wildman–Crippen LogP) is 2.32. The zero-order chi connectivity index (χ0) is 16.4. The third kappa shape index (κ3) is 3.07. The maximum absolute atomic E-state index is 12.8. The first-order valence-electron chi connectivity index (χ1n) is 7.41. The summed E-state index contributed by atoms with van der Waals surface area (Å²) in [5.41, 5.74) is 1.97. The molecule has 0 saturated carbocycles. The van der Waals surface area contributed by atoms with E-state index in [0.717, 1.165) is 15.4 Å². The molecule has 6 heteroatoms. The molecule has 23 heavy (non-hydrogen) atoms. The van der Waals surface area contributed by atoms with Gasteiger partial charge in [-0.1, -0.05) is 48.0 Å². The number of amides is 2. The molecule has 1 heterocycles. The van der Waals surface area contributed by atoms with Gasteiger partial charge in [-0.25, -0.2) is 17.5 Å². The van der Waals surface area contributed by atoms with E-state index in [2.05, 4.69) is 5.32 Å². The lowest BCUT2D eigenvalue weighted by Gasteiger charge is -2.23. The van der Waals surface area contributed by atoms with Gasteiger partial charge in [0.1, 0.15) is 0 Å². The van der Waals surface area contributed by atoms with Gasteiger partial charge in [0, 0.05) is 6.54 Å². The van der Waals surface area contributed by atoms with Crippen LogP contribution in [0.3, 0.4) is 0 Å². The molecule has 2 amide bonds. The topological polar surface area (TPSA) is 66.5 Å². The predicted molar refractivity (Wildman–Crippen MR) is 87.5 cm³/mol. The lowest BCUT2D eigenvalue weighted by molar-refractivity contribution is 0.231. The van der Waals surface area contributed by atoms with E-state index in [9.17, 15) is 13.2 Å². The average molecular weight is 330 g/mol. The summed E-state index contributed by atoms with van der Waals surface area (Å²) in [6.07, 6.45) is 0.491. The van der Waals surface area contributed by atoms with Crippen LogP contribution in [0.15, 0.2) is 59.5 Å². The smallest absolute Gasteiger partial charge is 0.331 e. The van der Waals surface area contributed by atoms with Crippen molar-refractivity contribution < 1.29 is 13.2 Å². The Hall–Kier alpha value is -2.34. The molecule has 1 unspecified atom stereocenters. The zero-order valence-corrected chi connectivity index (χ0v) is 13.6. The fourth-order valence-corrected chi connectivity index (χ4v) is 4.23. The summed E-state index contributed by atoms with van der Waals surface area (Å²) in [5.74, 6) is 0. The number of nitrogens with zero attached hydrogens (tertiary/aromatic N) is 1. The van der Waals surface area contributed by atoms with E-state index in [-0.39, 0.29) is 4.90 Å². The summed E-state index contributed by atoms with van der Waals surface area (Å²) in [7, 11) is -3.85. The first-order valence-corrected chi connectivity index (χ1v) is 8.85. The van der Waals surface area contributed by atoms with Crippen LogP contribution in [0, 0.1) is 6.92 Å². The molecule has 1 aliphatic rings. The number of sulfonamides is 1. The Labute approximate surface area is 136 Å². The van der Waals surface area contributed by atoms with Gasteiger partial charge in [0.25, 0.3) is 10.0 Å². The number of aryl methyl sites for hydroxylation is 1. The molecule has 1 atom stereocenters. The van der Waals surface area contributed by atoms with Crippen LogP contribution in [0.5, 0.6) is 0 Å². The molecular formula is C17H18N2O3S. The summed E-state index contributed by atoms with van der Waals surface area (Å²) in [6, 6.07) is 15.1. The largest absolute Gasteiger partial charge is 0.335 e. The molecule has 0 radical (unpaired) electrons. The van der Waals surface area contributed by atoms with Crippen LogP contribution in [0.4, 0.5) is 4.79 Å². The minimum Gasteiger partial charge on any atom is -0.335 e. The van der Waals surface area contributed by atoms with Crippen LogP contribution in [-0.2, 0) is 16.4 Å². The highest BCUT2D eigenvalue weighted by atomic mass is 32.2. The molecule has 1 N–H and O–H groups in total.